The Hall–Kier alpha value is -2.58. The van der Waals surface area contributed by atoms with E-state index < -0.39 is 0 Å². The topological polar surface area (TPSA) is 69.0 Å². The van der Waals surface area contributed by atoms with Crippen LogP contribution in [0.4, 0.5) is 5.82 Å². The number of pyridine rings is 1. The molecule has 1 aromatic heterocycles. The second kappa shape index (κ2) is 6.25. The molecule has 0 saturated heterocycles. The minimum Gasteiger partial charge on any atom is -0.271 e. The number of aromatic nitrogens is 1. The minimum atomic E-state index is -0.252. The Morgan fingerprint density at radius 2 is 2.05 bits per heavy atom. The van der Waals surface area contributed by atoms with Crippen molar-refractivity contribution in [2.24, 2.45) is 0 Å². The predicted octanol–water partition coefficient (Wildman–Crippen LogP) is 2.70. The van der Waals surface area contributed by atoms with E-state index in [1.165, 1.54) is 5.01 Å². The maximum Gasteiger partial charge on any atom is 0.269 e. The van der Waals surface area contributed by atoms with E-state index in [1.807, 2.05) is 12.1 Å². The molecule has 0 aliphatic rings. The number of hydrogen-bond acceptors (Lipinski definition) is 4. The van der Waals surface area contributed by atoms with Gasteiger partial charge in [-0.25, -0.2) is 4.98 Å². The zero-order chi connectivity index (χ0) is 15.4. The van der Waals surface area contributed by atoms with Gasteiger partial charge < -0.3 is 0 Å². The molecule has 0 saturated carbocycles. The van der Waals surface area contributed by atoms with Crippen LogP contribution >= 0.6 is 11.6 Å². The van der Waals surface area contributed by atoms with E-state index in [1.54, 1.807) is 44.3 Å². The van der Waals surface area contributed by atoms with Gasteiger partial charge in [0.25, 0.3) is 5.91 Å². The number of halogens is 1. The molecular weight excluding hydrogens is 288 g/mol. The van der Waals surface area contributed by atoms with Crippen molar-refractivity contribution in [3.63, 3.8) is 0 Å². The van der Waals surface area contributed by atoms with Gasteiger partial charge in [-0.05, 0) is 30.7 Å². The number of anilines is 1. The number of rotatable bonds is 3. The molecule has 0 fully saturated rings. The van der Waals surface area contributed by atoms with Crippen molar-refractivity contribution >= 4 is 23.3 Å². The third kappa shape index (κ3) is 3.30. The van der Waals surface area contributed by atoms with Gasteiger partial charge in [0.05, 0.1) is 5.56 Å². The molecule has 0 radical (unpaired) electrons. The highest BCUT2D eigenvalue weighted by Crippen LogP contribution is 2.21. The summed E-state index contributed by atoms with van der Waals surface area (Å²) >= 11 is 5.96. The van der Waals surface area contributed by atoms with Crippen molar-refractivity contribution in [2.75, 3.05) is 12.1 Å². The van der Waals surface area contributed by atoms with Gasteiger partial charge in [-0.2, -0.15) is 5.26 Å². The van der Waals surface area contributed by atoms with E-state index in [2.05, 4.69) is 10.4 Å². The quantitative estimate of drug-likeness (QED) is 0.699. The number of hydrogen-bond donors (Lipinski definition) is 1. The summed E-state index contributed by atoms with van der Waals surface area (Å²) in [6.07, 6.45) is 0. The van der Waals surface area contributed by atoms with Crippen LogP contribution in [0.25, 0.3) is 0 Å². The van der Waals surface area contributed by atoms with Gasteiger partial charge in [0.15, 0.2) is 0 Å². The summed E-state index contributed by atoms with van der Waals surface area (Å²) in [4.78, 5) is 16.2. The molecule has 2 aromatic rings. The lowest BCUT2D eigenvalue weighted by Crippen LogP contribution is -2.40. The number of amides is 1. The molecule has 1 heterocycles. The lowest BCUT2D eigenvalue weighted by atomic mass is 10.2. The summed E-state index contributed by atoms with van der Waals surface area (Å²) < 4.78 is 0. The van der Waals surface area contributed by atoms with Crippen molar-refractivity contribution in [1.29, 1.82) is 5.26 Å². The van der Waals surface area contributed by atoms with Crippen molar-refractivity contribution in [1.82, 2.24) is 10.4 Å². The first-order chi connectivity index (χ1) is 10.0. The van der Waals surface area contributed by atoms with Gasteiger partial charge in [-0.1, -0.05) is 29.8 Å². The summed E-state index contributed by atoms with van der Waals surface area (Å²) in [5, 5.41) is 10.6. The zero-order valence-electron chi connectivity index (χ0n) is 11.6. The Morgan fingerprint density at radius 1 is 1.38 bits per heavy atom. The van der Waals surface area contributed by atoms with E-state index in [0.717, 1.165) is 0 Å². The van der Waals surface area contributed by atoms with Gasteiger partial charge in [-0.3, -0.25) is 15.2 Å². The molecule has 106 valence electrons. The standard InChI is InChI=1S/C15H13ClN4O/c1-10-8-13(18-14(16)12(10)9-17)20(2)19-15(21)11-6-4-3-5-7-11/h3-8H,1-2H3,(H,19,21). The number of carbonyl (C=O) groups excluding carboxylic acids is 1. The van der Waals surface area contributed by atoms with Gasteiger partial charge >= 0.3 is 0 Å². The fourth-order valence-corrected chi connectivity index (χ4v) is 2.06. The average Bonchev–Trinajstić information content (AvgIpc) is 2.47. The van der Waals surface area contributed by atoms with Crippen molar-refractivity contribution < 1.29 is 4.79 Å². The molecule has 6 heteroatoms. The van der Waals surface area contributed by atoms with Crippen LogP contribution in [0.3, 0.4) is 0 Å². The van der Waals surface area contributed by atoms with Crippen LogP contribution in [0.15, 0.2) is 36.4 Å². The molecule has 0 aliphatic heterocycles. The van der Waals surface area contributed by atoms with Crippen molar-refractivity contribution in [3.8, 4) is 6.07 Å². The van der Waals surface area contributed by atoms with E-state index >= 15 is 0 Å². The molecule has 0 unspecified atom stereocenters. The zero-order valence-corrected chi connectivity index (χ0v) is 12.3. The van der Waals surface area contributed by atoms with E-state index in [9.17, 15) is 4.79 Å². The number of nitrogens with zero attached hydrogens (tertiary/aromatic N) is 3. The summed E-state index contributed by atoms with van der Waals surface area (Å²) in [7, 11) is 1.66. The smallest absolute Gasteiger partial charge is 0.269 e. The summed E-state index contributed by atoms with van der Waals surface area (Å²) in [6, 6.07) is 12.5. The van der Waals surface area contributed by atoms with E-state index in [4.69, 9.17) is 16.9 Å². The molecular formula is C15H13ClN4O. The molecule has 21 heavy (non-hydrogen) atoms. The summed E-state index contributed by atoms with van der Waals surface area (Å²) in [5.41, 5.74) is 4.28. The third-order valence-corrected chi connectivity index (χ3v) is 3.19. The molecule has 0 atom stereocenters. The summed E-state index contributed by atoms with van der Waals surface area (Å²) in [5.74, 6) is 0.207. The largest absolute Gasteiger partial charge is 0.271 e. The minimum absolute atomic E-state index is 0.119. The van der Waals surface area contributed by atoms with Crippen LogP contribution in [0, 0.1) is 18.3 Å². The van der Waals surface area contributed by atoms with Crippen molar-refractivity contribution in [2.45, 2.75) is 6.92 Å². The highest BCUT2D eigenvalue weighted by Gasteiger charge is 2.13. The average molecular weight is 301 g/mol. The highest BCUT2D eigenvalue weighted by atomic mass is 35.5. The third-order valence-electron chi connectivity index (χ3n) is 2.92. The molecule has 0 aliphatic carbocycles. The maximum atomic E-state index is 12.1. The van der Waals surface area contributed by atoms with Gasteiger partial charge in [0.1, 0.15) is 17.0 Å². The van der Waals surface area contributed by atoms with Crippen LogP contribution in [0.1, 0.15) is 21.5 Å². The van der Waals surface area contributed by atoms with Crippen LogP contribution in [0.5, 0.6) is 0 Å². The van der Waals surface area contributed by atoms with E-state index in [-0.39, 0.29) is 11.1 Å². The second-order valence-corrected chi connectivity index (χ2v) is 4.80. The number of benzene rings is 1. The molecule has 1 aromatic carbocycles. The Kier molecular flexibility index (Phi) is 4.41. The second-order valence-electron chi connectivity index (χ2n) is 4.44. The molecule has 1 amide bonds. The van der Waals surface area contributed by atoms with Crippen LogP contribution < -0.4 is 10.4 Å². The number of aryl methyl sites for hydroxylation is 1. The normalized spacial score (nSPS) is 9.81. The number of nitrogens with one attached hydrogen (secondary N) is 1. The Bertz CT molecular complexity index is 686. The number of hydrazine groups is 1. The fraction of sp³-hybridized carbons (Fsp3) is 0.133. The number of nitriles is 1. The van der Waals surface area contributed by atoms with Gasteiger partial charge in [-0.15, -0.1) is 0 Å². The van der Waals surface area contributed by atoms with E-state index in [0.29, 0.717) is 22.5 Å². The SMILES string of the molecule is Cc1cc(N(C)NC(=O)c2ccccc2)nc(Cl)c1C#N. The Labute approximate surface area is 127 Å². The maximum absolute atomic E-state index is 12.1. The van der Waals surface area contributed by atoms with Gasteiger partial charge in [0.2, 0.25) is 0 Å². The molecule has 0 spiro atoms. The van der Waals surface area contributed by atoms with Crippen LogP contribution in [-0.2, 0) is 0 Å². The van der Waals surface area contributed by atoms with Crippen LogP contribution in [-0.4, -0.2) is 17.9 Å². The number of carbonyl (C=O) groups is 1. The predicted molar refractivity (Wildman–Crippen MR) is 81.0 cm³/mol. The molecule has 2 rings (SSSR count). The molecule has 5 nitrogen and oxygen atoms in total. The van der Waals surface area contributed by atoms with Crippen LogP contribution in [0.2, 0.25) is 5.15 Å². The monoisotopic (exact) mass is 300 g/mol. The van der Waals surface area contributed by atoms with Gasteiger partial charge in [0, 0.05) is 12.6 Å². The lowest BCUT2D eigenvalue weighted by Gasteiger charge is -2.20. The fourth-order valence-electron chi connectivity index (χ4n) is 1.79. The van der Waals surface area contributed by atoms with Crippen molar-refractivity contribution in [3.05, 3.63) is 58.2 Å². The first-order valence-electron chi connectivity index (χ1n) is 6.20. The first-order valence-corrected chi connectivity index (χ1v) is 6.57. The lowest BCUT2D eigenvalue weighted by molar-refractivity contribution is 0.0951. The summed E-state index contributed by atoms with van der Waals surface area (Å²) in [6.45, 7) is 1.77. The molecule has 1 N–H and O–H groups in total. The Morgan fingerprint density at radius 3 is 2.62 bits per heavy atom. The Balaban J connectivity index is 2.20. The highest BCUT2D eigenvalue weighted by molar-refractivity contribution is 6.30. The first kappa shape index (κ1) is 14.8. The molecule has 0 bridgehead atoms.